The van der Waals surface area contributed by atoms with Gasteiger partial charge in [0, 0.05) is 17.4 Å². The monoisotopic (exact) mass is 209 g/mol. The molecule has 0 aromatic carbocycles. The Morgan fingerprint density at radius 1 is 1.20 bits per heavy atom. The predicted molar refractivity (Wildman–Crippen MR) is 61.5 cm³/mol. The number of hydrogen-bond donors (Lipinski definition) is 1. The van der Waals surface area contributed by atoms with E-state index < -0.39 is 0 Å². The van der Waals surface area contributed by atoms with Crippen molar-refractivity contribution in [2.45, 2.75) is 58.9 Å². The molecule has 2 rings (SSSR count). The highest BCUT2D eigenvalue weighted by molar-refractivity contribution is 5.80. The molecule has 2 heteroatoms. The summed E-state index contributed by atoms with van der Waals surface area (Å²) in [6.07, 6.45) is 4.49. The van der Waals surface area contributed by atoms with Crippen LogP contribution in [0.5, 0.6) is 0 Å². The molecule has 1 saturated heterocycles. The molecule has 1 amide bonds. The van der Waals surface area contributed by atoms with E-state index in [0.29, 0.717) is 0 Å². The minimum Gasteiger partial charge on any atom is -0.351 e. The average Bonchev–Trinajstić information content (AvgIpc) is 2.17. The molecule has 0 aromatic heterocycles. The summed E-state index contributed by atoms with van der Waals surface area (Å²) in [4.78, 5) is 11.6. The molecule has 0 radical (unpaired) electrons. The molecular formula is C13H23NO. The molecular weight excluding hydrogens is 186 g/mol. The second-order valence-electron chi connectivity index (χ2n) is 6.48. The first kappa shape index (κ1) is 11.0. The Bertz CT molecular complexity index is 272. The van der Waals surface area contributed by atoms with Gasteiger partial charge in [0.15, 0.2) is 0 Å². The van der Waals surface area contributed by atoms with Crippen molar-refractivity contribution in [3.8, 4) is 0 Å². The molecule has 2 fully saturated rings. The van der Waals surface area contributed by atoms with E-state index in [4.69, 9.17) is 0 Å². The summed E-state index contributed by atoms with van der Waals surface area (Å²) in [7, 11) is 0. The molecule has 86 valence electrons. The quantitative estimate of drug-likeness (QED) is 0.653. The predicted octanol–water partition coefficient (Wildman–Crippen LogP) is 2.73. The van der Waals surface area contributed by atoms with Crippen LogP contribution in [0.15, 0.2) is 0 Å². The lowest BCUT2D eigenvalue weighted by atomic mass is 9.58. The van der Waals surface area contributed by atoms with Crippen molar-refractivity contribution < 1.29 is 4.79 Å². The van der Waals surface area contributed by atoms with E-state index in [2.05, 4.69) is 33.0 Å². The lowest BCUT2D eigenvalue weighted by molar-refractivity contribution is -0.120. The first-order valence-electron chi connectivity index (χ1n) is 6.16. The topological polar surface area (TPSA) is 29.1 Å². The summed E-state index contributed by atoms with van der Waals surface area (Å²) in [6.45, 7) is 9.05. The lowest BCUT2D eigenvalue weighted by Crippen LogP contribution is -2.50. The van der Waals surface area contributed by atoms with Crippen molar-refractivity contribution in [3.63, 3.8) is 0 Å². The van der Waals surface area contributed by atoms with Crippen LogP contribution < -0.4 is 5.32 Å². The van der Waals surface area contributed by atoms with Crippen molar-refractivity contribution in [1.82, 2.24) is 5.32 Å². The van der Waals surface area contributed by atoms with Gasteiger partial charge in [0.2, 0.25) is 5.91 Å². The van der Waals surface area contributed by atoms with Gasteiger partial charge in [-0.2, -0.15) is 0 Å². The SMILES string of the molecule is CC1CC(C)CC2(CC(=O)NC2(C)C)C1. The Hall–Kier alpha value is -0.530. The molecule has 2 aliphatic rings. The average molecular weight is 209 g/mol. The molecule has 0 aromatic rings. The van der Waals surface area contributed by atoms with Crippen LogP contribution in [0.2, 0.25) is 0 Å². The van der Waals surface area contributed by atoms with Crippen LogP contribution in [0.1, 0.15) is 53.4 Å². The van der Waals surface area contributed by atoms with Crippen LogP contribution in [-0.4, -0.2) is 11.4 Å². The third-order valence-electron chi connectivity index (χ3n) is 4.56. The number of carbonyl (C=O) groups excluding carboxylic acids is 1. The van der Waals surface area contributed by atoms with E-state index in [0.717, 1.165) is 18.3 Å². The largest absolute Gasteiger partial charge is 0.351 e. The van der Waals surface area contributed by atoms with Gasteiger partial charge >= 0.3 is 0 Å². The van der Waals surface area contributed by atoms with Gasteiger partial charge < -0.3 is 5.32 Å². The Morgan fingerprint density at radius 3 is 2.13 bits per heavy atom. The molecule has 2 unspecified atom stereocenters. The number of amides is 1. The summed E-state index contributed by atoms with van der Waals surface area (Å²) in [5.74, 6) is 1.78. The Balaban J connectivity index is 2.28. The third-order valence-corrected chi connectivity index (χ3v) is 4.56. The molecule has 1 heterocycles. The standard InChI is InChI=1S/C13H23NO/c1-9-5-10(2)7-13(6-9)8-11(15)14-12(13,3)4/h9-10H,5-8H2,1-4H3,(H,14,15). The number of carbonyl (C=O) groups is 1. The second kappa shape index (κ2) is 3.23. The number of rotatable bonds is 0. The zero-order valence-electron chi connectivity index (χ0n) is 10.4. The van der Waals surface area contributed by atoms with Gasteiger partial charge in [-0.15, -0.1) is 0 Å². The van der Waals surface area contributed by atoms with E-state index in [1.165, 1.54) is 19.3 Å². The second-order valence-corrected chi connectivity index (χ2v) is 6.48. The highest BCUT2D eigenvalue weighted by Crippen LogP contribution is 2.53. The maximum Gasteiger partial charge on any atom is 0.221 e. The van der Waals surface area contributed by atoms with Gasteiger partial charge in [0.25, 0.3) is 0 Å². The van der Waals surface area contributed by atoms with Crippen LogP contribution in [0.3, 0.4) is 0 Å². The van der Waals surface area contributed by atoms with Crippen molar-refractivity contribution in [2.24, 2.45) is 17.3 Å². The van der Waals surface area contributed by atoms with E-state index in [-0.39, 0.29) is 16.9 Å². The van der Waals surface area contributed by atoms with E-state index in [1.807, 2.05) is 0 Å². The normalized spacial score (nSPS) is 44.4. The molecule has 1 N–H and O–H groups in total. The first-order valence-corrected chi connectivity index (χ1v) is 6.16. The van der Waals surface area contributed by atoms with Crippen LogP contribution in [-0.2, 0) is 4.79 Å². The molecule has 1 spiro atoms. The van der Waals surface area contributed by atoms with Crippen molar-refractivity contribution in [3.05, 3.63) is 0 Å². The summed E-state index contributed by atoms with van der Waals surface area (Å²) in [5, 5.41) is 3.16. The highest BCUT2D eigenvalue weighted by atomic mass is 16.2. The maximum atomic E-state index is 11.6. The fraction of sp³-hybridized carbons (Fsp3) is 0.923. The molecule has 0 bridgehead atoms. The van der Waals surface area contributed by atoms with Crippen molar-refractivity contribution in [1.29, 1.82) is 0 Å². The minimum atomic E-state index is -0.00692. The zero-order chi connectivity index (χ0) is 11.3. The van der Waals surface area contributed by atoms with Gasteiger partial charge in [-0.25, -0.2) is 0 Å². The maximum absolute atomic E-state index is 11.6. The molecule has 1 aliphatic heterocycles. The van der Waals surface area contributed by atoms with E-state index >= 15 is 0 Å². The minimum absolute atomic E-state index is 0.00692. The Kier molecular flexibility index (Phi) is 2.36. The Labute approximate surface area is 92.8 Å². The molecule has 15 heavy (non-hydrogen) atoms. The fourth-order valence-electron chi connectivity index (χ4n) is 3.98. The summed E-state index contributed by atoms with van der Waals surface area (Å²) < 4.78 is 0. The van der Waals surface area contributed by atoms with Gasteiger partial charge in [-0.1, -0.05) is 13.8 Å². The smallest absolute Gasteiger partial charge is 0.221 e. The van der Waals surface area contributed by atoms with Gasteiger partial charge in [0.05, 0.1) is 0 Å². The molecule has 2 atom stereocenters. The van der Waals surface area contributed by atoms with Crippen LogP contribution in [0, 0.1) is 17.3 Å². The van der Waals surface area contributed by atoms with Crippen LogP contribution in [0.4, 0.5) is 0 Å². The fourth-order valence-corrected chi connectivity index (χ4v) is 3.98. The van der Waals surface area contributed by atoms with Crippen LogP contribution in [0.25, 0.3) is 0 Å². The van der Waals surface area contributed by atoms with Gasteiger partial charge in [0.1, 0.15) is 0 Å². The zero-order valence-corrected chi connectivity index (χ0v) is 10.4. The lowest BCUT2D eigenvalue weighted by Gasteiger charge is -2.47. The summed E-state index contributed by atoms with van der Waals surface area (Å²) in [5.41, 5.74) is 0.216. The highest BCUT2D eigenvalue weighted by Gasteiger charge is 2.54. The number of nitrogens with one attached hydrogen (secondary N) is 1. The van der Waals surface area contributed by atoms with E-state index in [9.17, 15) is 4.79 Å². The van der Waals surface area contributed by atoms with Crippen molar-refractivity contribution in [2.75, 3.05) is 0 Å². The van der Waals surface area contributed by atoms with E-state index in [1.54, 1.807) is 0 Å². The summed E-state index contributed by atoms with van der Waals surface area (Å²) in [6, 6.07) is 0. The van der Waals surface area contributed by atoms with Gasteiger partial charge in [-0.3, -0.25) is 4.79 Å². The molecule has 2 nitrogen and oxygen atoms in total. The number of hydrogen-bond acceptors (Lipinski definition) is 1. The first-order chi connectivity index (χ1) is 6.85. The molecule has 1 saturated carbocycles. The van der Waals surface area contributed by atoms with Crippen molar-refractivity contribution >= 4 is 5.91 Å². The third kappa shape index (κ3) is 1.68. The Morgan fingerprint density at radius 2 is 1.73 bits per heavy atom. The summed E-state index contributed by atoms with van der Waals surface area (Å²) >= 11 is 0. The van der Waals surface area contributed by atoms with Gasteiger partial charge in [-0.05, 0) is 44.9 Å². The van der Waals surface area contributed by atoms with Crippen LogP contribution >= 0.6 is 0 Å². The molecule has 1 aliphatic carbocycles.